The first-order chi connectivity index (χ1) is 15.2. The number of nitrogens with zero attached hydrogens (tertiary/aromatic N) is 2. The monoisotopic (exact) mass is 456 g/mol. The van der Waals surface area contributed by atoms with Crippen molar-refractivity contribution in [2.75, 3.05) is 26.3 Å². The number of nitrogens with two attached hydrogens (primary N) is 2. The van der Waals surface area contributed by atoms with E-state index >= 15 is 0 Å². The van der Waals surface area contributed by atoms with Gasteiger partial charge in [0.15, 0.2) is 0 Å². The molecule has 6 N–H and O–H groups in total. The lowest BCUT2D eigenvalue weighted by Crippen LogP contribution is -2.41. The third-order valence-electron chi connectivity index (χ3n) is 4.75. The van der Waals surface area contributed by atoms with Crippen LogP contribution in [0.2, 0.25) is 0 Å². The minimum atomic E-state index is -0.885. The maximum Gasteiger partial charge on any atom is 0.321 e. The van der Waals surface area contributed by atoms with Gasteiger partial charge in [-0.2, -0.15) is 0 Å². The van der Waals surface area contributed by atoms with Crippen molar-refractivity contribution in [1.29, 1.82) is 0 Å². The topological polar surface area (TPSA) is 167 Å². The van der Waals surface area contributed by atoms with Crippen LogP contribution >= 0.6 is 0 Å². The highest BCUT2D eigenvalue weighted by Gasteiger charge is 2.15. The van der Waals surface area contributed by atoms with Crippen LogP contribution in [0.5, 0.6) is 0 Å². The number of hydrogen-bond donors (Lipinski definition) is 4. The van der Waals surface area contributed by atoms with E-state index in [9.17, 15) is 19.2 Å². The number of rotatable bonds is 9. The summed E-state index contributed by atoms with van der Waals surface area (Å²) in [7, 11) is 0. The number of urea groups is 2. The van der Waals surface area contributed by atoms with Crippen LogP contribution in [0.3, 0.4) is 0 Å². The molecule has 184 valence electrons. The largest absolute Gasteiger partial charge is 0.395 e. The first-order valence-corrected chi connectivity index (χ1v) is 10.9. The van der Waals surface area contributed by atoms with Gasteiger partial charge in [-0.3, -0.25) is 19.4 Å². The van der Waals surface area contributed by atoms with Crippen molar-refractivity contribution in [3.8, 4) is 0 Å². The molecule has 0 aliphatic heterocycles. The summed E-state index contributed by atoms with van der Waals surface area (Å²) in [5, 5.41) is 16.8. The van der Waals surface area contributed by atoms with Gasteiger partial charge in [0.2, 0.25) is 0 Å². The fourth-order valence-electron chi connectivity index (χ4n) is 3.05. The number of carbonyl (C=O) groups excluding carboxylic acids is 4. The van der Waals surface area contributed by atoms with E-state index in [0.717, 1.165) is 18.1 Å². The Labute approximate surface area is 190 Å². The number of hydrogen-bond acceptors (Lipinski definition) is 6. The summed E-state index contributed by atoms with van der Waals surface area (Å²) in [6.45, 7) is 7.83. The van der Waals surface area contributed by atoms with Gasteiger partial charge < -0.3 is 21.7 Å². The molecule has 0 aromatic rings. The molecular formula is C22H40N4O6. The molecule has 0 bridgehead atoms. The Balaban J connectivity index is 0. The highest BCUT2D eigenvalue weighted by Crippen LogP contribution is 2.27. The molecule has 32 heavy (non-hydrogen) atoms. The zero-order chi connectivity index (χ0) is 24.9. The fourth-order valence-corrected chi connectivity index (χ4v) is 3.05. The van der Waals surface area contributed by atoms with Crippen molar-refractivity contribution >= 4 is 23.9 Å². The Hall–Kier alpha value is -2.72. The van der Waals surface area contributed by atoms with Crippen LogP contribution in [0.4, 0.5) is 9.59 Å². The highest BCUT2D eigenvalue weighted by atomic mass is 16.3. The maximum atomic E-state index is 10.7. The Morgan fingerprint density at radius 3 is 1.56 bits per heavy atom. The molecule has 10 heteroatoms. The molecule has 6 amide bonds. The van der Waals surface area contributed by atoms with Crippen molar-refractivity contribution < 1.29 is 29.4 Å². The van der Waals surface area contributed by atoms with Crippen LogP contribution in [0.25, 0.3) is 0 Å². The summed E-state index contributed by atoms with van der Waals surface area (Å²) < 4.78 is 0. The van der Waals surface area contributed by atoms with Crippen LogP contribution in [0, 0.1) is 5.92 Å². The lowest BCUT2D eigenvalue weighted by molar-refractivity contribution is -0.124. The summed E-state index contributed by atoms with van der Waals surface area (Å²) >= 11 is 0. The van der Waals surface area contributed by atoms with Crippen LogP contribution < -0.4 is 11.5 Å². The molecule has 10 nitrogen and oxygen atoms in total. The molecular weight excluding hydrogens is 416 g/mol. The minimum Gasteiger partial charge on any atom is -0.395 e. The Kier molecular flexibility index (Phi) is 19.9. The number of carbonyl (C=O) groups is 4. The Morgan fingerprint density at radius 2 is 1.28 bits per heavy atom. The number of aliphatic hydroxyl groups excluding tert-OH is 2. The van der Waals surface area contributed by atoms with Gasteiger partial charge in [-0.1, -0.05) is 71.4 Å². The van der Waals surface area contributed by atoms with Crippen molar-refractivity contribution in [2.45, 2.75) is 58.3 Å². The third-order valence-corrected chi connectivity index (χ3v) is 4.75. The molecule has 0 spiro atoms. The van der Waals surface area contributed by atoms with Gasteiger partial charge in [0.1, 0.15) is 0 Å². The summed E-state index contributed by atoms with van der Waals surface area (Å²) in [5.74, 6) is -0.105. The highest BCUT2D eigenvalue weighted by molar-refractivity contribution is 6.00. The SMILES string of the molecule is C=CC(=O)N(CCO)C(N)=O.C=CC(=O)N(CCO)C(N)=O.CCCCC1CCCCC1. The molecule has 0 atom stereocenters. The Bertz CT molecular complexity index is 551. The van der Waals surface area contributed by atoms with Gasteiger partial charge in [0.25, 0.3) is 11.8 Å². The van der Waals surface area contributed by atoms with Crippen molar-refractivity contribution in [2.24, 2.45) is 17.4 Å². The van der Waals surface area contributed by atoms with Gasteiger partial charge in [0, 0.05) is 0 Å². The lowest BCUT2D eigenvalue weighted by atomic mass is 9.86. The quantitative estimate of drug-likeness (QED) is 0.386. The lowest BCUT2D eigenvalue weighted by Gasteiger charge is -2.20. The van der Waals surface area contributed by atoms with Gasteiger partial charge in [0.05, 0.1) is 26.3 Å². The van der Waals surface area contributed by atoms with Gasteiger partial charge >= 0.3 is 12.1 Å². The van der Waals surface area contributed by atoms with Crippen LogP contribution in [0.1, 0.15) is 58.3 Å². The molecule has 1 rings (SSSR count). The molecule has 1 aliphatic rings. The first-order valence-electron chi connectivity index (χ1n) is 10.9. The molecule has 0 saturated heterocycles. The number of aliphatic hydroxyl groups is 2. The second kappa shape index (κ2) is 20.2. The first kappa shape index (κ1) is 31.5. The van der Waals surface area contributed by atoms with Gasteiger partial charge in [-0.25, -0.2) is 9.59 Å². The summed E-state index contributed by atoms with van der Waals surface area (Å²) in [6, 6.07) is -1.77. The van der Waals surface area contributed by atoms with Crippen LogP contribution in [-0.2, 0) is 9.59 Å². The summed E-state index contributed by atoms with van der Waals surface area (Å²) in [6.07, 6.45) is 13.9. The Morgan fingerprint density at radius 1 is 0.875 bits per heavy atom. The van der Waals surface area contributed by atoms with Crippen molar-refractivity contribution in [3.63, 3.8) is 0 Å². The summed E-state index contributed by atoms with van der Waals surface area (Å²) in [5.41, 5.74) is 9.61. The van der Waals surface area contributed by atoms with E-state index in [2.05, 4.69) is 20.1 Å². The van der Waals surface area contributed by atoms with Crippen molar-refractivity contribution in [1.82, 2.24) is 9.80 Å². The predicted molar refractivity (Wildman–Crippen MR) is 123 cm³/mol. The molecule has 1 saturated carbocycles. The fraction of sp³-hybridized carbons (Fsp3) is 0.636. The molecule has 0 unspecified atom stereocenters. The number of unbranched alkanes of at least 4 members (excludes halogenated alkanes) is 1. The number of primary amides is 2. The molecule has 0 heterocycles. The van der Waals surface area contributed by atoms with Crippen molar-refractivity contribution in [3.05, 3.63) is 25.3 Å². The van der Waals surface area contributed by atoms with E-state index in [1.54, 1.807) is 0 Å². The van der Waals surface area contributed by atoms with E-state index in [4.69, 9.17) is 21.7 Å². The van der Waals surface area contributed by atoms with E-state index in [-0.39, 0.29) is 26.3 Å². The smallest absolute Gasteiger partial charge is 0.321 e. The van der Waals surface area contributed by atoms with Crippen LogP contribution in [-0.4, -0.2) is 70.2 Å². The van der Waals surface area contributed by atoms with E-state index < -0.39 is 23.9 Å². The van der Waals surface area contributed by atoms with E-state index in [1.807, 2.05) is 0 Å². The predicted octanol–water partition coefficient (Wildman–Crippen LogP) is 1.90. The molecule has 1 fully saturated rings. The minimum absolute atomic E-state index is 0.0970. The summed E-state index contributed by atoms with van der Waals surface area (Å²) in [4.78, 5) is 43.8. The second-order valence-electron chi connectivity index (χ2n) is 7.16. The number of imide groups is 2. The number of amides is 6. The molecule has 0 aromatic heterocycles. The average molecular weight is 457 g/mol. The maximum absolute atomic E-state index is 10.7. The third kappa shape index (κ3) is 15.1. The zero-order valence-corrected chi connectivity index (χ0v) is 19.2. The van der Waals surface area contributed by atoms with E-state index in [1.165, 1.54) is 51.4 Å². The standard InChI is InChI=1S/C10H20.2C6H10N2O3/c1-2-3-7-10-8-5-4-6-9-10;2*1-2-5(10)8(3-4-9)6(7)11/h10H,2-9H2,1H3;2*2,9H,1,3-4H2,(H2,7,11). The van der Waals surface area contributed by atoms with E-state index in [0.29, 0.717) is 9.80 Å². The van der Waals surface area contributed by atoms with Crippen LogP contribution in [0.15, 0.2) is 25.3 Å². The van der Waals surface area contributed by atoms with Gasteiger partial charge in [-0.15, -0.1) is 0 Å². The zero-order valence-electron chi connectivity index (χ0n) is 19.2. The van der Waals surface area contributed by atoms with Gasteiger partial charge in [-0.05, 0) is 18.1 Å². The normalized spacial score (nSPS) is 12.7. The second-order valence-corrected chi connectivity index (χ2v) is 7.16. The average Bonchev–Trinajstić information content (AvgIpc) is 2.79. The molecule has 1 aliphatic carbocycles. The molecule has 0 radical (unpaired) electrons. The molecule has 0 aromatic carbocycles.